The fraction of sp³-hybridized carbons (Fsp3) is 0.214. The van der Waals surface area contributed by atoms with Crippen LogP contribution in [-0.4, -0.2) is 49.4 Å². The Morgan fingerprint density at radius 2 is 1.90 bits per heavy atom. The number of nitrogens with zero attached hydrogens (tertiary/aromatic N) is 2. The van der Waals surface area contributed by atoms with E-state index in [0.717, 1.165) is 0 Å². The summed E-state index contributed by atoms with van der Waals surface area (Å²) in [4.78, 5) is 47.3. The van der Waals surface area contributed by atoms with Gasteiger partial charge >= 0.3 is 12.0 Å². The molecule has 0 saturated heterocycles. The van der Waals surface area contributed by atoms with Gasteiger partial charge in [0, 0.05) is 23.4 Å². The number of methoxy groups -OCH3 is 1. The average Bonchev–Trinajstić information content (AvgIpc) is 3.44. The number of amides is 3. The quantitative estimate of drug-likeness (QED) is 0.133. The topological polar surface area (TPSA) is 184 Å². The van der Waals surface area contributed by atoms with Crippen LogP contribution in [0.2, 0.25) is 0 Å². The largest absolute Gasteiger partial charge is 0.493 e. The van der Waals surface area contributed by atoms with E-state index in [1.807, 2.05) is 0 Å². The zero-order valence-corrected chi connectivity index (χ0v) is 22.8. The average molecular weight is 578 g/mol. The lowest BCUT2D eigenvalue weighted by atomic mass is 9.95. The predicted octanol–water partition coefficient (Wildman–Crippen LogP) is 3.58. The number of ether oxygens (including phenoxy) is 3. The molecule has 2 aromatic carbocycles. The number of nitro groups is 1. The Morgan fingerprint density at radius 3 is 2.60 bits per heavy atom. The van der Waals surface area contributed by atoms with Crippen LogP contribution in [0.4, 0.5) is 10.5 Å². The van der Waals surface area contributed by atoms with Crippen molar-refractivity contribution in [3.63, 3.8) is 0 Å². The number of rotatable bonds is 11. The van der Waals surface area contributed by atoms with Crippen molar-refractivity contribution in [3.05, 3.63) is 87.3 Å². The van der Waals surface area contributed by atoms with E-state index in [1.165, 1.54) is 25.5 Å². The van der Waals surface area contributed by atoms with Gasteiger partial charge in [0.2, 0.25) is 0 Å². The molecule has 14 nitrogen and oxygen atoms in total. The minimum atomic E-state index is -0.791. The molecule has 1 aliphatic rings. The molecule has 3 amide bonds. The van der Waals surface area contributed by atoms with Gasteiger partial charge < -0.3 is 29.3 Å². The van der Waals surface area contributed by atoms with Gasteiger partial charge in [0.1, 0.15) is 11.5 Å². The molecule has 14 heteroatoms. The van der Waals surface area contributed by atoms with Gasteiger partial charge in [-0.3, -0.25) is 14.9 Å². The third kappa shape index (κ3) is 6.91. The molecule has 0 bridgehead atoms. The summed E-state index contributed by atoms with van der Waals surface area (Å²) >= 11 is 0. The maximum absolute atomic E-state index is 12.6. The highest BCUT2D eigenvalue weighted by atomic mass is 16.6. The van der Waals surface area contributed by atoms with E-state index in [9.17, 15) is 24.5 Å². The van der Waals surface area contributed by atoms with Crippen LogP contribution < -0.4 is 25.5 Å². The number of nitro benzene ring substituents is 1. The first-order valence-electron chi connectivity index (χ1n) is 12.6. The first kappa shape index (κ1) is 29.3. The zero-order chi connectivity index (χ0) is 30.2. The molecule has 2 heterocycles. The Balaban J connectivity index is 1.36. The van der Waals surface area contributed by atoms with Crippen molar-refractivity contribution in [3.8, 4) is 22.8 Å². The second-order valence-electron chi connectivity index (χ2n) is 8.79. The van der Waals surface area contributed by atoms with Crippen LogP contribution in [0.15, 0.2) is 75.4 Å². The lowest BCUT2D eigenvalue weighted by Gasteiger charge is -2.28. The van der Waals surface area contributed by atoms with Crippen LogP contribution >= 0.6 is 0 Å². The summed E-state index contributed by atoms with van der Waals surface area (Å²) < 4.78 is 21.8. The minimum Gasteiger partial charge on any atom is -0.493 e. The van der Waals surface area contributed by atoms with Crippen LogP contribution in [0.1, 0.15) is 31.2 Å². The van der Waals surface area contributed by atoms with Crippen LogP contribution in [0.25, 0.3) is 11.3 Å². The number of non-ortho nitro benzene ring substituents is 1. The van der Waals surface area contributed by atoms with Crippen molar-refractivity contribution >= 4 is 29.8 Å². The molecule has 0 unspecified atom stereocenters. The second-order valence-corrected chi connectivity index (χ2v) is 8.79. The second kappa shape index (κ2) is 13.1. The van der Waals surface area contributed by atoms with Crippen molar-refractivity contribution < 1.29 is 37.9 Å². The molecule has 0 spiro atoms. The minimum absolute atomic E-state index is 0.0313. The van der Waals surface area contributed by atoms with Crippen molar-refractivity contribution in [1.29, 1.82) is 0 Å². The monoisotopic (exact) mass is 577 g/mol. The first-order valence-corrected chi connectivity index (χ1v) is 12.6. The number of furan rings is 1. The highest BCUT2D eigenvalue weighted by Gasteiger charge is 2.32. The third-order valence-corrected chi connectivity index (χ3v) is 6.01. The zero-order valence-electron chi connectivity index (χ0n) is 22.8. The molecular formula is C28H27N5O9. The molecule has 3 aromatic rings. The van der Waals surface area contributed by atoms with Gasteiger partial charge in [-0.25, -0.2) is 15.0 Å². The molecule has 0 fully saturated rings. The molecule has 218 valence electrons. The highest BCUT2D eigenvalue weighted by Crippen LogP contribution is 2.34. The number of hydrogen-bond acceptors (Lipinski definition) is 10. The molecule has 42 heavy (non-hydrogen) atoms. The predicted molar refractivity (Wildman–Crippen MR) is 149 cm³/mol. The number of benzene rings is 2. The normalized spacial score (nSPS) is 14.6. The van der Waals surface area contributed by atoms with Gasteiger partial charge in [-0.15, -0.1) is 0 Å². The summed E-state index contributed by atoms with van der Waals surface area (Å²) in [5, 5.41) is 20.0. The maximum atomic E-state index is 12.6. The van der Waals surface area contributed by atoms with E-state index >= 15 is 0 Å². The van der Waals surface area contributed by atoms with Gasteiger partial charge in [0.15, 0.2) is 18.1 Å². The first-order chi connectivity index (χ1) is 20.2. The third-order valence-electron chi connectivity index (χ3n) is 6.01. The number of allylic oxidation sites excluding steroid dienone is 1. The van der Waals surface area contributed by atoms with Gasteiger partial charge in [-0.05, 0) is 55.8 Å². The number of carbonyl (C=O) groups is 3. The summed E-state index contributed by atoms with van der Waals surface area (Å²) in [6.07, 6.45) is 1.30. The molecule has 1 aromatic heterocycles. The van der Waals surface area contributed by atoms with Crippen molar-refractivity contribution in [1.82, 2.24) is 16.1 Å². The van der Waals surface area contributed by atoms with E-state index in [-0.39, 0.29) is 29.4 Å². The van der Waals surface area contributed by atoms with E-state index in [2.05, 4.69) is 21.2 Å². The summed E-state index contributed by atoms with van der Waals surface area (Å²) in [5.74, 6) is 0.206. The highest BCUT2D eigenvalue weighted by molar-refractivity contribution is 5.95. The SMILES string of the molecule is CCOC(=O)C1=C(C)NC(=O)N[C@@H]1c1ccc(OCC(=O)N/N=C/c2ccc(-c3ccc([N+](=O)[O-])cc3)o2)c(OC)c1. The van der Waals surface area contributed by atoms with Crippen LogP contribution in [0.5, 0.6) is 11.5 Å². The van der Waals surface area contributed by atoms with E-state index in [4.69, 9.17) is 18.6 Å². The van der Waals surface area contributed by atoms with Crippen molar-refractivity contribution in [2.24, 2.45) is 5.10 Å². The molecule has 0 saturated carbocycles. The summed E-state index contributed by atoms with van der Waals surface area (Å²) in [6, 6.07) is 12.7. The number of hydrogen-bond donors (Lipinski definition) is 3. The number of hydrazone groups is 1. The smallest absolute Gasteiger partial charge is 0.338 e. The lowest BCUT2D eigenvalue weighted by molar-refractivity contribution is -0.384. The fourth-order valence-electron chi connectivity index (χ4n) is 4.07. The van der Waals surface area contributed by atoms with Gasteiger partial charge in [-0.2, -0.15) is 5.10 Å². The van der Waals surface area contributed by atoms with Crippen LogP contribution in [0.3, 0.4) is 0 Å². The Hall–Kier alpha value is -5.66. The van der Waals surface area contributed by atoms with Crippen LogP contribution in [-0.2, 0) is 14.3 Å². The van der Waals surface area contributed by atoms with Crippen molar-refractivity contribution in [2.45, 2.75) is 19.9 Å². The number of nitrogens with one attached hydrogen (secondary N) is 3. The molecule has 0 aliphatic carbocycles. The summed E-state index contributed by atoms with van der Waals surface area (Å²) in [7, 11) is 1.42. The van der Waals surface area contributed by atoms with Crippen molar-refractivity contribution in [2.75, 3.05) is 20.3 Å². The summed E-state index contributed by atoms with van der Waals surface area (Å²) in [5.41, 5.74) is 4.10. The van der Waals surface area contributed by atoms with Crippen LogP contribution in [0, 0.1) is 10.1 Å². The van der Waals surface area contributed by atoms with E-state index in [1.54, 1.807) is 56.3 Å². The Bertz CT molecular complexity index is 1560. The number of urea groups is 1. The standard InChI is InChI=1S/C28H27N5O9/c1-4-40-27(35)25-16(2)30-28(36)31-26(25)18-7-11-22(23(13-18)39-3)41-15-24(34)32-29-14-20-10-12-21(42-20)17-5-8-19(9-6-17)33(37)38/h5-14,26H,4,15H2,1-3H3,(H,32,34)(H2,30,31,36)/b29-14+/t26-/m1/s1. The van der Waals surface area contributed by atoms with Gasteiger partial charge in [0.05, 0.1) is 36.5 Å². The van der Waals surface area contributed by atoms with E-state index in [0.29, 0.717) is 28.3 Å². The van der Waals surface area contributed by atoms with Gasteiger partial charge in [0.25, 0.3) is 11.6 Å². The number of esters is 1. The van der Waals surface area contributed by atoms with E-state index < -0.39 is 35.5 Å². The molecule has 1 atom stereocenters. The molecule has 0 radical (unpaired) electrons. The Morgan fingerprint density at radius 1 is 1.14 bits per heavy atom. The molecule has 3 N–H and O–H groups in total. The molecule has 4 rings (SSSR count). The maximum Gasteiger partial charge on any atom is 0.338 e. The lowest BCUT2D eigenvalue weighted by Crippen LogP contribution is -2.45. The Kier molecular flexibility index (Phi) is 9.17. The summed E-state index contributed by atoms with van der Waals surface area (Å²) in [6.45, 7) is 3.07. The molecule has 1 aliphatic heterocycles. The number of carbonyl (C=O) groups excluding carboxylic acids is 3. The van der Waals surface area contributed by atoms with Gasteiger partial charge in [-0.1, -0.05) is 6.07 Å². The molecular weight excluding hydrogens is 550 g/mol. The Labute approximate surface area is 239 Å². The fourth-order valence-corrected chi connectivity index (χ4v) is 4.07.